The number of methoxy groups -OCH3 is 1. The van der Waals surface area contributed by atoms with E-state index in [4.69, 9.17) is 4.74 Å². The molecule has 0 aliphatic heterocycles. The monoisotopic (exact) mass is 312 g/mol. The van der Waals surface area contributed by atoms with E-state index in [0.717, 1.165) is 30.4 Å². The van der Waals surface area contributed by atoms with Crippen molar-refractivity contribution in [2.45, 2.75) is 51.2 Å². The molecule has 0 radical (unpaired) electrons. The van der Waals surface area contributed by atoms with Crippen molar-refractivity contribution in [2.75, 3.05) is 7.11 Å². The first kappa shape index (κ1) is 17.9. The van der Waals surface area contributed by atoms with Crippen LogP contribution in [-0.2, 0) is 27.0 Å². The normalized spacial score (nSPS) is 13.0. The van der Waals surface area contributed by atoms with Gasteiger partial charge in [-0.05, 0) is 35.1 Å². The average molecular weight is 312 g/mol. The lowest BCUT2D eigenvalue weighted by molar-refractivity contribution is 0.0600. The van der Waals surface area contributed by atoms with Gasteiger partial charge in [0, 0.05) is 0 Å². The Morgan fingerprint density at radius 2 is 2.05 bits per heavy atom. The van der Waals surface area contributed by atoms with Crippen LogP contribution in [0.3, 0.4) is 0 Å². The third kappa shape index (κ3) is 4.93. The third-order valence-corrected chi connectivity index (χ3v) is 4.25. The molecule has 0 aliphatic rings. The van der Waals surface area contributed by atoms with Gasteiger partial charge < -0.3 is 9.29 Å². The van der Waals surface area contributed by atoms with Gasteiger partial charge in [-0.1, -0.05) is 39.7 Å². The van der Waals surface area contributed by atoms with Crippen LogP contribution in [-0.4, -0.2) is 21.8 Å². The standard InChI is InChI=1S/C16H24O4S/c1-5-6-9-16(2,3)14-8-7-12(15(17)20-4)10-13(14)11-21(18)19/h7-8,10H,5-6,9,11H2,1-4H3,(H,18,19). The lowest BCUT2D eigenvalue weighted by Crippen LogP contribution is -2.20. The number of hydrogen-bond donors (Lipinski definition) is 1. The van der Waals surface area contributed by atoms with Crippen LogP contribution in [0.25, 0.3) is 0 Å². The van der Waals surface area contributed by atoms with E-state index in [1.54, 1.807) is 12.1 Å². The van der Waals surface area contributed by atoms with Crippen LogP contribution in [0.4, 0.5) is 0 Å². The van der Waals surface area contributed by atoms with E-state index in [0.29, 0.717) is 5.56 Å². The van der Waals surface area contributed by atoms with Crippen molar-refractivity contribution >= 4 is 17.0 Å². The fourth-order valence-electron chi connectivity index (χ4n) is 2.50. The number of ether oxygens (including phenoxy) is 1. The Kier molecular flexibility index (Phi) is 6.55. The first-order valence-electron chi connectivity index (χ1n) is 7.11. The highest BCUT2D eigenvalue weighted by atomic mass is 32.2. The van der Waals surface area contributed by atoms with E-state index in [9.17, 15) is 13.6 Å². The summed E-state index contributed by atoms with van der Waals surface area (Å²) in [5.74, 6) is -0.409. The summed E-state index contributed by atoms with van der Waals surface area (Å²) in [4.78, 5) is 11.6. The fourth-order valence-corrected chi connectivity index (χ4v) is 3.01. The molecule has 5 heteroatoms. The van der Waals surface area contributed by atoms with Crippen LogP contribution in [0.15, 0.2) is 18.2 Å². The van der Waals surface area contributed by atoms with Crippen LogP contribution in [0.2, 0.25) is 0 Å². The summed E-state index contributed by atoms with van der Waals surface area (Å²) in [5, 5.41) is 0. The summed E-state index contributed by atoms with van der Waals surface area (Å²) in [5.41, 5.74) is 2.07. The second-order valence-corrected chi connectivity index (χ2v) is 6.75. The molecule has 0 amide bonds. The molecule has 21 heavy (non-hydrogen) atoms. The van der Waals surface area contributed by atoms with Crippen molar-refractivity contribution in [1.29, 1.82) is 0 Å². The molecule has 0 fully saturated rings. The minimum Gasteiger partial charge on any atom is -0.465 e. The second-order valence-electron chi connectivity index (χ2n) is 5.82. The van der Waals surface area contributed by atoms with Crippen LogP contribution in [0.5, 0.6) is 0 Å². The second kappa shape index (κ2) is 7.71. The number of esters is 1. The van der Waals surface area contributed by atoms with Gasteiger partial charge in [0.1, 0.15) is 0 Å². The summed E-state index contributed by atoms with van der Waals surface area (Å²) in [6, 6.07) is 5.27. The van der Waals surface area contributed by atoms with Crippen molar-refractivity contribution in [1.82, 2.24) is 0 Å². The molecule has 0 spiro atoms. The molecule has 1 unspecified atom stereocenters. The van der Waals surface area contributed by atoms with Crippen LogP contribution >= 0.6 is 0 Å². The van der Waals surface area contributed by atoms with Gasteiger partial charge in [-0.25, -0.2) is 9.00 Å². The van der Waals surface area contributed by atoms with Gasteiger partial charge in [0.25, 0.3) is 0 Å². The Bertz CT molecular complexity index is 523. The lowest BCUT2D eigenvalue weighted by Gasteiger charge is -2.28. The molecule has 1 N–H and O–H groups in total. The van der Waals surface area contributed by atoms with E-state index >= 15 is 0 Å². The van der Waals surface area contributed by atoms with Crippen molar-refractivity contribution in [2.24, 2.45) is 0 Å². The summed E-state index contributed by atoms with van der Waals surface area (Å²) in [6.07, 6.45) is 3.18. The molecule has 0 aromatic heterocycles. The smallest absolute Gasteiger partial charge is 0.337 e. The number of benzene rings is 1. The van der Waals surface area contributed by atoms with Gasteiger partial charge in [0.05, 0.1) is 18.4 Å². The highest BCUT2D eigenvalue weighted by Gasteiger charge is 2.24. The molecule has 0 saturated carbocycles. The molecule has 4 nitrogen and oxygen atoms in total. The minimum atomic E-state index is -1.94. The number of rotatable bonds is 7. The van der Waals surface area contributed by atoms with Crippen molar-refractivity contribution in [3.8, 4) is 0 Å². The Morgan fingerprint density at radius 3 is 2.57 bits per heavy atom. The topological polar surface area (TPSA) is 63.6 Å². The third-order valence-electron chi connectivity index (χ3n) is 3.69. The van der Waals surface area contributed by atoms with Gasteiger partial charge >= 0.3 is 5.97 Å². The molecule has 1 atom stereocenters. The molecule has 1 rings (SSSR count). The Morgan fingerprint density at radius 1 is 1.38 bits per heavy atom. The summed E-state index contributed by atoms with van der Waals surface area (Å²) in [7, 11) is 1.32. The number of carbonyl (C=O) groups is 1. The molecular formula is C16H24O4S. The predicted octanol–water partition coefficient (Wildman–Crippen LogP) is 3.66. The zero-order valence-electron chi connectivity index (χ0n) is 13.1. The van der Waals surface area contributed by atoms with Crippen molar-refractivity contribution in [3.63, 3.8) is 0 Å². The Labute approximate surface area is 129 Å². The Balaban J connectivity index is 3.23. The predicted molar refractivity (Wildman–Crippen MR) is 84.8 cm³/mol. The summed E-state index contributed by atoms with van der Waals surface area (Å²) >= 11 is -1.94. The molecule has 0 saturated heterocycles. The van der Waals surface area contributed by atoms with E-state index in [1.165, 1.54) is 7.11 Å². The maximum atomic E-state index is 11.6. The maximum absolute atomic E-state index is 11.6. The first-order chi connectivity index (χ1) is 9.81. The van der Waals surface area contributed by atoms with E-state index < -0.39 is 17.0 Å². The fraction of sp³-hybridized carbons (Fsp3) is 0.562. The molecule has 1 aromatic carbocycles. The van der Waals surface area contributed by atoms with E-state index in [-0.39, 0.29) is 11.2 Å². The minimum absolute atomic E-state index is 0.0235. The molecule has 1 aromatic rings. The van der Waals surface area contributed by atoms with Crippen LogP contribution < -0.4 is 0 Å². The molecule has 0 heterocycles. The lowest BCUT2D eigenvalue weighted by atomic mass is 9.78. The van der Waals surface area contributed by atoms with Crippen molar-refractivity contribution < 1.29 is 18.3 Å². The molecule has 0 bridgehead atoms. The van der Waals surface area contributed by atoms with Crippen molar-refractivity contribution in [3.05, 3.63) is 34.9 Å². The van der Waals surface area contributed by atoms with Gasteiger partial charge in [-0.3, -0.25) is 0 Å². The quantitative estimate of drug-likeness (QED) is 0.616. The average Bonchev–Trinajstić information content (AvgIpc) is 2.43. The van der Waals surface area contributed by atoms with Gasteiger partial charge in [-0.15, -0.1) is 0 Å². The highest BCUT2D eigenvalue weighted by molar-refractivity contribution is 7.78. The van der Waals surface area contributed by atoms with Gasteiger partial charge in [-0.2, -0.15) is 0 Å². The molecule has 118 valence electrons. The zero-order chi connectivity index (χ0) is 16.0. The molecular weight excluding hydrogens is 288 g/mol. The molecule has 0 aliphatic carbocycles. The Hall–Kier alpha value is -1.20. The van der Waals surface area contributed by atoms with Crippen LogP contribution in [0, 0.1) is 0 Å². The largest absolute Gasteiger partial charge is 0.465 e. The van der Waals surface area contributed by atoms with E-state index in [2.05, 4.69) is 20.8 Å². The van der Waals surface area contributed by atoms with Gasteiger partial charge in [0.2, 0.25) is 0 Å². The van der Waals surface area contributed by atoms with Gasteiger partial charge in [0.15, 0.2) is 11.1 Å². The van der Waals surface area contributed by atoms with E-state index in [1.807, 2.05) is 6.07 Å². The highest BCUT2D eigenvalue weighted by Crippen LogP contribution is 2.32. The SMILES string of the molecule is CCCCC(C)(C)c1ccc(C(=O)OC)cc1CS(=O)O. The summed E-state index contributed by atoms with van der Waals surface area (Å²) in [6.45, 7) is 6.39. The number of unbranched alkanes of at least 4 members (excludes halogenated alkanes) is 1. The number of hydrogen-bond acceptors (Lipinski definition) is 3. The maximum Gasteiger partial charge on any atom is 0.337 e. The number of carbonyl (C=O) groups excluding carboxylic acids is 1. The first-order valence-corrected chi connectivity index (χ1v) is 8.38. The zero-order valence-corrected chi connectivity index (χ0v) is 14.0. The van der Waals surface area contributed by atoms with Crippen LogP contribution in [0.1, 0.15) is 61.5 Å². The summed E-state index contributed by atoms with van der Waals surface area (Å²) < 4.78 is 25.1.